The summed E-state index contributed by atoms with van der Waals surface area (Å²) in [7, 11) is 7.05. The highest BCUT2D eigenvalue weighted by Gasteiger charge is 2.13. The largest absolute Gasteiger partial charge is 0.497 e. The molecule has 36 heavy (non-hydrogen) atoms. The van der Waals surface area contributed by atoms with Gasteiger partial charge in [0.1, 0.15) is 17.2 Å². The third-order valence-corrected chi connectivity index (χ3v) is 6.30. The summed E-state index contributed by atoms with van der Waals surface area (Å²) in [6.07, 6.45) is 0. The van der Waals surface area contributed by atoms with Gasteiger partial charge in [0, 0.05) is 53.1 Å². The summed E-state index contributed by atoms with van der Waals surface area (Å²) in [4.78, 5) is 7.29. The average Bonchev–Trinajstić information content (AvgIpc) is 2.92. The van der Waals surface area contributed by atoms with Crippen LogP contribution < -0.4 is 24.4 Å². The molecule has 0 aliphatic carbocycles. The number of fused-ring (bicyclic) bond motifs is 3. The van der Waals surface area contributed by atoms with Crippen molar-refractivity contribution in [2.24, 2.45) is 0 Å². The Morgan fingerprint density at radius 3 is 2.11 bits per heavy atom. The third-order valence-electron chi connectivity index (χ3n) is 6.30. The first kappa shape index (κ1) is 23.3. The van der Waals surface area contributed by atoms with Crippen molar-refractivity contribution in [3.05, 3.63) is 90.6 Å². The second kappa shape index (κ2) is 10.0. The van der Waals surface area contributed by atoms with E-state index in [4.69, 9.17) is 19.2 Å². The standard InChI is InChI=1S/C30H29N3O3/c1-33(23-10-12-24(34-2)13-11-23)19-22-17-29(31-21-15-25(35-3)18-26(16-21)36-4)28-14-9-20-7-5-6-8-27(20)30(28)32-22/h5-18H,19H2,1-4H3,(H,31,32). The molecule has 4 aromatic carbocycles. The monoisotopic (exact) mass is 479 g/mol. The van der Waals surface area contributed by atoms with E-state index in [1.165, 1.54) is 0 Å². The molecular weight excluding hydrogens is 450 g/mol. The van der Waals surface area contributed by atoms with Crippen LogP contribution in [0.25, 0.3) is 21.7 Å². The zero-order valence-corrected chi connectivity index (χ0v) is 20.9. The summed E-state index contributed by atoms with van der Waals surface area (Å²) in [5.41, 5.74) is 4.85. The SMILES string of the molecule is COc1ccc(N(C)Cc2cc(Nc3cc(OC)cc(OC)c3)c3ccc4ccccc4c3n2)cc1. The Morgan fingerprint density at radius 2 is 1.42 bits per heavy atom. The van der Waals surface area contributed by atoms with Gasteiger partial charge in [-0.05, 0) is 35.7 Å². The summed E-state index contributed by atoms with van der Waals surface area (Å²) >= 11 is 0. The Kier molecular flexibility index (Phi) is 6.50. The topological polar surface area (TPSA) is 55.9 Å². The molecule has 0 atom stereocenters. The number of nitrogens with zero attached hydrogens (tertiary/aromatic N) is 2. The van der Waals surface area contributed by atoms with Gasteiger partial charge in [0.05, 0.1) is 39.1 Å². The van der Waals surface area contributed by atoms with Crippen molar-refractivity contribution in [2.45, 2.75) is 6.54 Å². The van der Waals surface area contributed by atoms with E-state index in [2.05, 4.69) is 71.9 Å². The molecule has 1 N–H and O–H groups in total. The molecule has 0 aliphatic rings. The first-order valence-corrected chi connectivity index (χ1v) is 11.7. The van der Waals surface area contributed by atoms with Crippen molar-refractivity contribution in [3.8, 4) is 17.2 Å². The van der Waals surface area contributed by atoms with Gasteiger partial charge in [-0.3, -0.25) is 4.98 Å². The first-order chi connectivity index (χ1) is 17.6. The number of hydrogen-bond donors (Lipinski definition) is 1. The van der Waals surface area contributed by atoms with E-state index < -0.39 is 0 Å². The van der Waals surface area contributed by atoms with Crippen molar-refractivity contribution in [2.75, 3.05) is 38.6 Å². The van der Waals surface area contributed by atoms with Gasteiger partial charge < -0.3 is 24.4 Å². The smallest absolute Gasteiger partial charge is 0.124 e. The minimum atomic E-state index is 0.640. The number of aromatic nitrogens is 1. The lowest BCUT2D eigenvalue weighted by molar-refractivity contribution is 0.395. The molecule has 0 radical (unpaired) electrons. The fourth-order valence-corrected chi connectivity index (χ4v) is 4.40. The lowest BCUT2D eigenvalue weighted by atomic mass is 10.0. The van der Waals surface area contributed by atoms with Crippen molar-refractivity contribution >= 4 is 38.7 Å². The van der Waals surface area contributed by atoms with E-state index >= 15 is 0 Å². The van der Waals surface area contributed by atoms with Crippen LogP contribution in [0.15, 0.2) is 84.9 Å². The van der Waals surface area contributed by atoms with Gasteiger partial charge >= 0.3 is 0 Å². The molecule has 182 valence electrons. The van der Waals surface area contributed by atoms with Crippen LogP contribution in [0.3, 0.4) is 0 Å². The number of nitrogens with one attached hydrogen (secondary N) is 1. The summed E-state index contributed by atoms with van der Waals surface area (Å²) < 4.78 is 16.3. The number of hydrogen-bond acceptors (Lipinski definition) is 6. The molecule has 0 saturated carbocycles. The Bertz CT molecular complexity index is 1490. The maximum absolute atomic E-state index is 5.47. The van der Waals surface area contributed by atoms with Crippen molar-refractivity contribution < 1.29 is 14.2 Å². The van der Waals surface area contributed by atoms with E-state index in [1.807, 2.05) is 30.3 Å². The summed E-state index contributed by atoms with van der Waals surface area (Å²) in [5.74, 6) is 2.28. The highest BCUT2D eigenvalue weighted by Crippen LogP contribution is 2.34. The number of anilines is 3. The van der Waals surface area contributed by atoms with Crippen LogP contribution in [-0.2, 0) is 6.54 Å². The second-order valence-electron chi connectivity index (χ2n) is 8.62. The summed E-state index contributed by atoms with van der Waals surface area (Å²) in [6.45, 7) is 0.640. The number of rotatable bonds is 8. The molecule has 6 nitrogen and oxygen atoms in total. The normalized spacial score (nSPS) is 10.9. The van der Waals surface area contributed by atoms with Crippen LogP contribution in [-0.4, -0.2) is 33.4 Å². The maximum Gasteiger partial charge on any atom is 0.124 e. The number of methoxy groups -OCH3 is 3. The van der Waals surface area contributed by atoms with Gasteiger partial charge in [0.2, 0.25) is 0 Å². The Hall–Kier alpha value is -4.45. The van der Waals surface area contributed by atoms with E-state index in [1.54, 1.807) is 21.3 Å². The average molecular weight is 480 g/mol. The van der Waals surface area contributed by atoms with Gasteiger partial charge in [-0.15, -0.1) is 0 Å². The highest BCUT2D eigenvalue weighted by atomic mass is 16.5. The van der Waals surface area contributed by atoms with Crippen molar-refractivity contribution in [3.63, 3.8) is 0 Å². The quantitative estimate of drug-likeness (QED) is 0.247. The Balaban J connectivity index is 1.59. The molecule has 5 aromatic rings. The maximum atomic E-state index is 5.47. The van der Waals surface area contributed by atoms with Crippen LogP contribution >= 0.6 is 0 Å². The Morgan fingerprint density at radius 1 is 0.722 bits per heavy atom. The van der Waals surface area contributed by atoms with Crippen LogP contribution in [0.2, 0.25) is 0 Å². The summed E-state index contributed by atoms with van der Waals surface area (Å²) in [5, 5.41) is 6.92. The molecule has 6 heteroatoms. The fraction of sp³-hybridized carbons (Fsp3) is 0.167. The molecule has 5 rings (SSSR count). The van der Waals surface area contributed by atoms with Crippen molar-refractivity contribution in [1.82, 2.24) is 4.98 Å². The minimum Gasteiger partial charge on any atom is -0.497 e. The van der Waals surface area contributed by atoms with Gasteiger partial charge in [0.15, 0.2) is 0 Å². The fourth-order valence-electron chi connectivity index (χ4n) is 4.40. The van der Waals surface area contributed by atoms with Crippen LogP contribution in [0.4, 0.5) is 17.1 Å². The molecular formula is C30H29N3O3. The lowest BCUT2D eigenvalue weighted by Gasteiger charge is -2.21. The van der Waals surface area contributed by atoms with Crippen molar-refractivity contribution in [1.29, 1.82) is 0 Å². The van der Waals surface area contributed by atoms with Gasteiger partial charge in [-0.1, -0.05) is 36.4 Å². The van der Waals surface area contributed by atoms with Crippen LogP contribution in [0.1, 0.15) is 5.69 Å². The number of ether oxygens (including phenoxy) is 3. The van der Waals surface area contributed by atoms with E-state index in [0.717, 1.165) is 61.7 Å². The zero-order valence-electron chi connectivity index (χ0n) is 20.9. The number of pyridine rings is 1. The molecule has 0 spiro atoms. The number of benzene rings is 4. The molecule has 1 aromatic heterocycles. The first-order valence-electron chi connectivity index (χ1n) is 11.7. The molecule has 0 bridgehead atoms. The molecule has 0 fully saturated rings. The molecule has 0 amide bonds. The predicted octanol–water partition coefficient (Wildman–Crippen LogP) is 6.79. The van der Waals surface area contributed by atoms with Gasteiger partial charge in [0.25, 0.3) is 0 Å². The molecule has 0 aliphatic heterocycles. The van der Waals surface area contributed by atoms with Gasteiger partial charge in [-0.2, -0.15) is 0 Å². The third kappa shape index (κ3) is 4.70. The lowest BCUT2D eigenvalue weighted by Crippen LogP contribution is -2.17. The Labute approximate surface area is 211 Å². The second-order valence-corrected chi connectivity index (χ2v) is 8.62. The predicted molar refractivity (Wildman–Crippen MR) is 147 cm³/mol. The molecule has 0 unspecified atom stereocenters. The van der Waals surface area contributed by atoms with Crippen LogP contribution in [0, 0.1) is 0 Å². The van der Waals surface area contributed by atoms with Crippen LogP contribution in [0.5, 0.6) is 17.2 Å². The highest BCUT2D eigenvalue weighted by molar-refractivity contribution is 6.09. The summed E-state index contributed by atoms with van der Waals surface area (Å²) in [6, 6.07) is 28.5. The van der Waals surface area contributed by atoms with E-state index in [9.17, 15) is 0 Å². The zero-order chi connectivity index (χ0) is 25.1. The van der Waals surface area contributed by atoms with Gasteiger partial charge in [-0.25, -0.2) is 0 Å². The minimum absolute atomic E-state index is 0.640. The molecule has 1 heterocycles. The van der Waals surface area contributed by atoms with E-state index in [-0.39, 0.29) is 0 Å². The molecule has 0 saturated heterocycles. The van der Waals surface area contributed by atoms with E-state index in [0.29, 0.717) is 6.54 Å².